The second kappa shape index (κ2) is 11.2. The predicted molar refractivity (Wildman–Crippen MR) is 151 cm³/mol. The van der Waals surface area contributed by atoms with Crippen molar-refractivity contribution < 1.29 is 18.7 Å². The summed E-state index contributed by atoms with van der Waals surface area (Å²) in [6, 6.07) is 21.9. The first-order valence-corrected chi connectivity index (χ1v) is 12.6. The maximum Gasteiger partial charge on any atom is 0.250 e. The number of thiocarbonyl (C=S) groups is 1. The third kappa shape index (κ3) is 5.22. The zero-order chi connectivity index (χ0) is 26.6. The van der Waals surface area contributed by atoms with E-state index in [1.54, 1.807) is 19.4 Å². The van der Waals surface area contributed by atoms with E-state index in [1.165, 1.54) is 7.11 Å². The molecular formula is C28H25ClN4O4S. The number of halogens is 1. The van der Waals surface area contributed by atoms with E-state index in [-0.39, 0.29) is 24.6 Å². The quantitative estimate of drug-likeness (QED) is 0.268. The molecule has 0 unspecified atom stereocenters. The van der Waals surface area contributed by atoms with Gasteiger partial charge in [0.2, 0.25) is 5.91 Å². The Morgan fingerprint density at radius 3 is 2.66 bits per heavy atom. The molecule has 0 aliphatic carbocycles. The van der Waals surface area contributed by atoms with Gasteiger partial charge in [-0.2, -0.15) is 0 Å². The molecule has 1 saturated heterocycles. The molecule has 10 heteroatoms. The third-order valence-electron chi connectivity index (χ3n) is 6.16. The van der Waals surface area contributed by atoms with E-state index in [0.717, 1.165) is 16.9 Å². The molecule has 2 N–H and O–H groups in total. The molecule has 2 aromatic heterocycles. The Balaban J connectivity index is 1.57. The fraction of sp³-hybridized carbons (Fsp3) is 0.179. The summed E-state index contributed by atoms with van der Waals surface area (Å²) in [6.45, 7) is -0.0820. The van der Waals surface area contributed by atoms with Crippen molar-refractivity contribution in [3.63, 3.8) is 0 Å². The molecule has 0 spiro atoms. The number of rotatable bonds is 8. The SMILES string of the molecule is COCC(=O)Nc1cc(N2C(=S)N[C@@H](c3ccccn3)[C@@H]2c2ccc(-c3ccc(Cl)cc3)o2)ccc1OC. The van der Waals surface area contributed by atoms with E-state index in [9.17, 15) is 4.79 Å². The molecule has 1 fully saturated rings. The van der Waals surface area contributed by atoms with Crippen LogP contribution in [-0.4, -0.2) is 36.8 Å². The Hall–Kier alpha value is -3.92. The number of carbonyl (C=O) groups is 1. The second-order valence-corrected chi connectivity index (χ2v) is 9.39. The van der Waals surface area contributed by atoms with Crippen LogP contribution in [0, 0.1) is 0 Å². The molecule has 2 aromatic carbocycles. The van der Waals surface area contributed by atoms with E-state index >= 15 is 0 Å². The fourth-order valence-corrected chi connectivity index (χ4v) is 4.94. The van der Waals surface area contributed by atoms with Gasteiger partial charge in [-0.25, -0.2) is 0 Å². The van der Waals surface area contributed by atoms with Gasteiger partial charge in [0.1, 0.15) is 29.9 Å². The number of benzene rings is 2. The number of aromatic nitrogens is 1. The van der Waals surface area contributed by atoms with E-state index in [4.69, 9.17) is 37.7 Å². The van der Waals surface area contributed by atoms with E-state index in [0.29, 0.717) is 33.1 Å². The Morgan fingerprint density at radius 1 is 1.13 bits per heavy atom. The highest BCUT2D eigenvalue weighted by molar-refractivity contribution is 7.80. The smallest absolute Gasteiger partial charge is 0.250 e. The summed E-state index contributed by atoms with van der Waals surface area (Å²) in [5.41, 5.74) is 2.96. The van der Waals surface area contributed by atoms with Crippen LogP contribution in [0.1, 0.15) is 23.5 Å². The van der Waals surface area contributed by atoms with Crippen LogP contribution in [0.5, 0.6) is 5.75 Å². The first-order chi connectivity index (χ1) is 18.5. The van der Waals surface area contributed by atoms with Crippen LogP contribution >= 0.6 is 23.8 Å². The number of furan rings is 1. The van der Waals surface area contributed by atoms with Crippen LogP contribution in [0.25, 0.3) is 11.3 Å². The third-order valence-corrected chi connectivity index (χ3v) is 6.72. The van der Waals surface area contributed by atoms with Crippen molar-refractivity contribution in [1.29, 1.82) is 0 Å². The van der Waals surface area contributed by atoms with E-state index < -0.39 is 0 Å². The minimum absolute atomic E-state index is 0.0820. The molecule has 8 nitrogen and oxygen atoms in total. The molecule has 5 rings (SSSR count). The van der Waals surface area contributed by atoms with Crippen LogP contribution in [0.2, 0.25) is 5.02 Å². The molecule has 0 saturated carbocycles. The average Bonchev–Trinajstić information content (AvgIpc) is 3.54. The van der Waals surface area contributed by atoms with Crippen LogP contribution in [0.15, 0.2) is 83.4 Å². The Labute approximate surface area is 230 Å². The second-order valence-electron chi connectivity index (χ2n) is 8.57. The molecule has 2 atom stereocenters. The Morgan fingerprint density at radius 2 is 1.95 bits per heavy atom. The number of anilines is 2. The summed E-state index contributed by atoms with van der Waals surface area (Å²) in [6.07, 6.45) is 1.75. The molecule has 194 valence electrons. The number of amides is 1. The summed E-state index contributed by atoms with van der Waals surface area (Å²) in [7, 11) is 3.01. The molecular weight excluding hydrogens is 524 g/mol. The molecule has 3 heterocycles. The summed E-state index contributed by atoms with van der Waals surface area (Å²) in [5.74, 6) is 1.61. The van der Waals surface area contributed by atoms with Gasteiger partial charge >= 0.3 is 0 Å². The first-order valence-electron chi connectivity index (χ1n) is 11.8. The topological polar surface area (TPSA) is 88.9 Å². The van der Waals surface area contributed by atoms with Crippen LogP contribution in [0.4, 0.5) is 11.4 Å². The molecule has 1 aliphatic heterocycles. The van der Waals surface area contributed by atoms with Crippen molar-refractivity contribution in [1.82, 2.24) is 10.3 Å². The lowest BCUT2D eigenvalue weighted by Crippen LogP contribution is -2.29. The van der Waals surface area contributed by atoms with Gasteiger partial charge in [0, 0.05) is 29.6 Å². The van der Waals surface area contributed by atoms with Gasteiger partial charge in [-0.15, -0.1) is 0 Å². The Kier molecular flexibility index (Phi) is 7.59. The van der Waals surface area contributed by atoms with Gasteiger partial charge < -0.3 is 29.4 Å². The highest BCUT2D eigenvalue weighted by Crippen LogP contribution is 2.44. The lowest BCUT2D eigenvalue weighted by molar-refractivity contribution is -0.119. The summed E-state index contributed by atoms with van der Waals surface area (Å²) < 4.78 is 16.8. The summed E-state index contributed by atoms with van der Waals surface area (Å²) in [4.78, 5) is 18.8. The molecule has 1 aliphatic rings. The average molecular weight is 549 g/mol. The van der Waals surface area contributed by atoms with Crippen molar-refractivity contribution in [3.05, 3.63) is 95.5 Å². The highest BCUT2D eigenvalue weighted by Gasteiger charge is 2.42. The number of nitrogens with one attached hydrogen (secondary N) is 2. The standard InChI is InChI=1S/C28H25ClN4O4S/c1-35-16-25(34)31-21-15-19(10-11-23(21)36-2)33-27(26(32-28(33)38)20-5-3-4-14-30-20)24-13-12-22(37-24)17-6-8-18(29)9-7-17/h3-15,26-27H,16H2,1-2H3,(H,31,34)(H,32,38)/t26-,27-/m0/s1. The number of pyridine rings is 1. The highest BCUT2D eigenvalue weighted by atomic mass is 35.5. The Bertz CT molecular complexity index is 1450. The van der Waals surface area contributed by atoms with Crippen molar-refractivity contribution in [2.24, 2.45) is 0 Å². The van der Waals surface area contributed by atoms with Crippen molar-refractivity contribution in [3.8, 4) is 17.1 Å². The number of nitrogens with zero attached hydrogens (tertiary/aromatic N) is 2. The van der Waals surface area contributed by atoms with Crippen LogP contribution in [0.3, 0.4) is 0 Å². The maximum absolute atomic E-state index is 12.3. The number of methoxy groups -OCH3 is 2. The van der Waals surface area contributed by atoms with Crippen LogP contribution in [-0.2, 0) is 9.53 Å². The molecule has 0 radical (unpaired) electrons. The van der Waals surface area contributed by atoms with Gasteiger partial charge in [0.05, 0.1) is 24.5 Å². The number of ether oxygens (including phenoxy) is 2. The number of hydrogen-bond donors (Lipinski definition) is 2. The molecule has 1 amide bonds. The lowest BCUT2D eigenvalue weighted by Gasteiger charge is -2.27. The zero-order valence-electron chi connectivity index (χ0n) is 20.7. The summed E-state index contributed by atoms with van der Waals surface area (Å²) >= 11 is 11.9. The largest absolute Gasteiger partial charge is 0.495 e. The molecule has 0 bridgehead atoms. The van der Waals surface area contributed by atoms with Gasteiger partial charge in [0.15, 0.2) is 5.11 Å². The van der Waals surface area contributed by atoms with Gasteiger partial charge in [0.25, 0.3) is 0 Å². The van der Waals surface area contributed by atoms with Crippen molar-refractivity contribution >= 4 is 46.2 Å². The number of carbonyl (C=O) groups excluding carboxylic acids is 1. The minimum atomic E-state index is -0.366. The van der Waals surface area contributed by atoms with Gasteiger partial charge in [-0.3, -0.25) is 9.78 Å². The number of hydrogen-bond acceptors (Lipinski definition) is 6. The van der Waals surface area contributed by atoms with Gasteiger partial charge in [-0.05, 0) is 78.9 Å². The van der Waals surface area contributed by atoms with Gasteiger partial charge in [-0.1, -0.05) is 17.7 Å². The summed E-state index contributed by atoms with van der Waals surface area (Å²) in [5, 5.41) is 7.40. The lowest BCUT2D eigenvalue weighted by atomic mass is 10.0. The maximum atomic E-state index is 12.3. The fourth-order valence-electron chi connectivity index (χ4n) is 4.46. The molecule has 38 heavy (non-hydrogen) atoms. The zero-order valence-corrected chi connectivity index (χ0v) is 22.3. The normalized spacial score (nSPS) is 16.8. The minimum Gasteiger partial charge on any atom is -0.495 e. The predicted octanol–water partition coefficient (Wildman–Crippen LogP) is 5.77. The van der Waals surface area contributed by atoms with Crippen molar-refractivity contribution in [2.75, 3.05) is 31.0 Å². The van der Waals surface area contributed by atoms with Crippen LogP contribution < -0.4 is 20.3 Å². The first kappa shape index (κ1) is 25.7. The molecule has 4 aromatic rings. The van der Waals surface area contributed by atoms with E-state index in [2.05, 4.69) is 15.6 Å². The monoisotopic (exact) mass is 548 g/mol. The van der Waals surface area contributed by atoms with E-state index in [1.807, 2.05) is 71.6 Å². The van der Waals surface area contributed by atoms with Crippen molar-refractivity contribution in [2.45, 2.75) is 12.1 Å².